The van der Waals surface area contributed by atoms with Crippen molar-refractivity contribution in [3.63, 3.8) is 0 Å². The Balaban J connectivity index is 1.99. The number of hydrogen-bond acceptors (Lipinski definition) is 2. The zero-order valence-corrected chi connectivity index (χ0v) is 13.3. The minimum absolute atomic E-state index is 0.735. The van der Waals surface area contributed by atoms with Crippen molar-refractivity contribution in [2.45, 2.75) is 90.3 Å². The lowest BCUT2D eigenvalue weighted by Gasteiger charge is -2.47. The van der Waals surface area contributed by atoms with Gasteiger partial charge in [0.1, 0.15) is 0 Å². The predicted octanol–water partition coefficient (Wildman–Crippen LogP) is 3.81. The van der Waals surface area contributed by atoms with E-state index in [2.05, 4.69) is 31.0 Å². The molecule has 0 aromatic rings. The van der Waals surface area contributed by atoms with Gasteiger partial charge in [-0.25, -0.2) is 0 Å². The van der Waals surface area contributed by atoms with Crippen LogP contribution in [-0.2, 0) is 0 Å². The highest BCUT2D eigenvalue weighted by Gasteiger charge is 2.35. The van der Waals surface area contributed by atoms with Crippen LogP contribution in [0.4, 0.5) is 0 Å². The molecule has 2 nitrogen and oxygen atoms in total. The Labute approximate surface area is 120 Å². The Morgan fingerprint density at radius 2 is 1.89 bits per heavy atom. The van der Waals surface area contributed by atoms with E-state index in [1.165, 1.54) is 64.5 Å². The summed E-state index contributed by atoms with van der Waals surface area (Å²) in [6.07, 6.45) is 11.3. The maximum Gasteiger partial charge on any atom is 0.0252 e. The van der Waals surface area contributed by atoms with E-state index < -0.39 is 0 Å². The standard InChI is InChI=1S/C17H34N2/c1-4-9-16-13-19(14(3)5-2)17(12-18-16)15-10-7-6-8-11-15/h14-18H,4-13H2,1-3H3. The van der Waals surface area contributed by atoms with E-state index in [0.717, 1.165) is 24.0 Å². The van der Waals surface area contributed by atoms with E-state index in [0.29, 0.717) is 0 Å². The smallest absolute Gasteiger partial charge is 0.0252 e. The van der Waals surface area contributed by atoms with Crippen LogP contribution in [-0.4, -0.2) is 36.1 Å². The first kappa shape index (κ1) is 15.3. The SMILES string of the molecule is CCCC1CN(C(C)CC)C(C2CCCCC2)CN1. The maximum atomic E-state index is 3.83. The Morgan fingerprint density at radius 1 is 1.16 bits per heavy atom. The third-order valence-electron chi connectivity index (χ3n) is 5.46. The van der Waals surface area contributed by atoms with Gasteiger partial charge in [0.25, 0.3) is 0 Å². The van der Waals surface area contributed by atoms with Crippen LogP contribution in [0, 0.1) is 5.92 Å². The van der Waals surface area contributed by atoms with E-state index >= 15 is 0 Å². The molecule has 1 N–H and O–H groups in total. The summed E-state index contributed by atoms with van der Waals surface area (Å²) in [6, 6.07) is 2.30. The van der Waals surface area contributed by atoms with E-state index in [1.807, 2.05) is 0 Å². The topological polar surface area (TPSA) is 15.3 Å². The average Bonchev–Trinajstić information content (AvgIpc) is 2.47. The molecule has 1 heterocycles. The fourth-order valence-electron chi connectivity index (χ4n) is 4.10. The van der Waals surface area contributed by atoms with Crippen LogP contribution in [0.1, 0.15) is 72.1 Å². The first-order chi connectivity index (χ1) is 9.26. The molecule has 2 fully saturated rings. The van der Waals surface area contributed by atoms with Gasteiger partial charge < -0.3 is 5.32 Å². The van der Waals surface area contributed by atoms with Crippen LogP contribution in [0.25, 0.3) is 0 Å². The fourth-order valence-corrected chi connectivity index (χ4v) is 4.10. The Morgan fingerprint density at radius 3 is 2.53 bits per heavy atom. The first-order valence-electron chi connectivity index (χ1n) is 8.75. The molecule has 1 saturated carbocycles. The molecule has 0 spiro atoms. The second kappa shape index (κ2) is 7.64. The molecule has 0 aromatic heterocycles. The molecule has 1 aliphatic heterocycles. The zero-order valence-electron chi connectivity index (χ0n) is 13.3. The average molecular weight is 266 g/mol. The Kier molecular flexibility index (Phi) is 6.15. The third kappa shape index (κ3) is 3.95. The van der Waals surface area contributed by atoms with Crippen LogP contribution in [0.5, 0.6) is 0 Å². The molecule has 2 heteroatoms. The van der Waals surface area contributed by atoms with E-state index in [4.69, 9.17) is 0 Å². The van der Waals surface area contributed by atoms with Crippen molar-refractivity contribution >= 4 is 0 Å². The highest BCUT2D eigenvalue weighted by atomic mass is 15.3. The van der Waals surface area contributed by atoms with Gasteiger partial charge in [-0.2, -0.15) is 0 Å². The highest BCUT2D eigenvalue weighted by molar-refractivity contribution is 4.92. The lowest BCUT2D eigenvalue weighted by molar-refractivity contribution is 0.0381. The van der Waals surface area contributed by atoms with Crippen LogP contribution in [0.15, 0.2) is 0 Å². The van der Waals surface area contributed by atoms with Crippen LogP contribution < -0.4 is 5.32 Å². The van der Waals surface area contributed by atoms with Gasteiger partial charge in [-0.15, -0.1) is 0 Å². The van der Waals surface area contributed by atoms with Gasteiger partial charge in [0.2, 0.25) is 0 Å². The number of nitrogens with zero attached hydrogens (tertiary/aromatic N) is 1. The molecule has 2 rings (SSSR count). The van der Waals surface area contributed by atoms with Crippen molar-refractivity contribution in [2.24, 2.45) is 5.92 Å². The summed E-state index contributed by atoms with van der Waals surface area (Å²) in [5.74, 6) is 0.956. The summed E-state index contributed by atoms with van der Waals surface area (Å²) in [6.45, 7) is 9.61. The van der Waals surface area contributed by atoms with Crippen LogP contribution in [0.2, 0.25) is 0 Å². The number of nitrogens with one attached hydrogen (secondary N) is 1. The lowest BCUT2D eigenvalue weighted by Crippen LogP contribution is -2.61. The monoisotopic (exact) mass is 266 g/mol. The zero-order chi connectivity index (χ0) is 13.7. The van der Waals surface area contributed by atoms with Crippen LogP contribution >= 0.6 is 0 Å². The summed E-state index contributed by atoms with van der Waals surface area (Å²) in [7, 11) is 0. The molecule has 2 aliphatic rings. The van der Waals surface area contributed by atoms with E-state index in [9.17, 15) is 0 Å². The molecule has 1 aliphatic carbocycles. The normalized spacial score (nSPS) is 32.4. The molecule has 112 valence electrons. The van der Waals surface area contributed by atoms with Gasteiger partial charge in [0, 0.05) is 31.2 Å². The molecule has 0 amide bonds. The second-order valence-electron chi connectivity index (χ2n) is 6.81. The van der Waals surface area contributed by atoms with Crippen molar-refractivity contribution < 1.29 is 0 Å². The molecule has 0 bridgehead atoms. The molecular weight excluding hydrogens is 232 g/mol. The first-order valence-corrected chi connectivity index (χ1v) is 8.75. The van der Waals surface area contributed by atoms with Gasteiger partial charge in [-0.05, 0) is 38.5 Å². The Bertz CT molecular complexity index is 248. The predicted molar refractivity (Wildman–Crippen MR) is 83.5 cm³/mol. The summed E-state index contributed by atoms with van der Waals surface area (Å²) >= 11 is 0. The third-order valence-corrected chi connectivity index (χ3v) is 5.46. The van der Waals surface area contributed by atoms with Gasteiger partial charge in [-0.3, -0.25) is 4.90 Å². The quantitative estimate of drug-likeness (QED) is 0.814. The molecule has 0 aromatic carbocycles. The van der Waals surface area contributed by atoms with Crippen molar-refractivity contribution in [2.75, 3.05) is 13.1 Å². The minimum Gasteiger partial charge on any atom is -0.311 e. The number of hydrogen-bond donors (Lipinski definition) is 1. The van der Waals surface area contributed by atoms with Gasteiger partial charge in [0.15, 0.2) is 0 Å². The van der Waals surface area contributed by atoms with E-state index in [1.54, 1.807) is 0 Å². The molecular formula is C17H34N2. The Hall–Kier alpha value is -0.0800. The summed E-state index contributed by atoms with van der Waals surface area (Å²) in [5, 5.41) is 3.83. The van der Waals surface area contributed by atoms with Crippen molar-refractivity contribution in [3.05, 3.63) is 0 Å². The van der Waals surface area contributed by atoms with Crippen molar-refractivity contribution in [3.8, 4) is 0 Å². The molecule has 0 radical (unpaired) electrons. The second-order valence-corrected chi connectivity index (χ2v) is 6.81. The summed E-state index contributed by atoms with van der Waals surface area (Å²) < 4.78 is 0. The van der Waals surface area contributed by atoms with Gasteiger partial charge >= 0.3 is 0 Å². The van der Waals surface area contributed by atoms with Crippen molar-refractivity contribution in [1.82, 2.24) is 10.2 Å². The number of piperazine rings is 1. The minimum atomic E-state index is 0.735. The molecule has 3 atom stereocenters. The van der Waals surface area contributed by atoms with E-state index in [-0.39, 0.29) is 0 Å². The van der Waals surface area contributed by atoms with Gasteiger partial charge in [0.05, 0.1) is 0 Å². The van der Waals surface area contributed by atoms with Crippen molar-refractivity contribution in [1.29, 1.82) is 0 Å². The molecule has 19 heavy (non-hydrogen) atoms. The largest absolute Gasteiger partial charge is 0.311 e. The summed E-state index contributed by atoms with van der Waals surface area (Å²) in [5.41, 5.74) is 0. The number of rotatable bonds is 5. The fraction of sp³-hybridized carbons (Fsp3) is 1.00. The lowest BCUT2D eigenvalue weighted by atomic mass is 9.81. The maximum absolute atomic E-state index is 3.83. The highest BCUT2D eigenvalue weighted by Crippen LogP contribution is 2.31. The van der Waals surface area contributed by atoms with Crippen LogP contribution in [0.3, 0.4) is 0 Å². The summed E-state index contributed by atoms with van der Waals surface area (Å²) in [4.78, 5) is 2.85. The van der Waals surface area contributed by atoms with Gasteiger partial charge in [-0.1, -0.05) is 39.5 Å². The molecule has 1 saturated heterocycles. The molecule has 3 unspecified atom stereocenters.